The van der Waals surface area contributed by atoms with Crippen molar-refractivity contribution >= 4 is 46.6 Å². The Balaban J connectivity index is 1.76. The molecule has 0 fully saturated rings. The van der Waals surface area contributed by atoms with Gasteiger partial charge in [0.15, 0.2) is 10.9 Å². The first kappa shape index (κ1) is 21.5. The highest BCUT2D eigenvalue weighted by atomic mass is 35.5. The number of carbonyl (C=O) groups is 2. The standard InChI is InChI=1S/C20H18ClN5O3S/c1-11(18(28)23-16-10-6-4-8-14(16)21)30-20-24-19(29)17(25-26-20)13-7-3-5-9-15(13)22-12(2)27/h3-11H,1-2H3,(H,22,27)(H,23,28)(H,24,26,29)/t11-/m1/s1. The normalized spacial score (nSPS) is 11.6. The zero-order chi connectivity index (χ0) is 21.7. The molecule has 2 amide bonds. The highest BCUT2D eigenvalue weighted by molar-refractivity contribution is 8.00. The van der Waals surface area contributed by atoms with E-state index in [4.69, 9.17) is 11.6 Å². The molecule has 0 aliphatic rings. The van der Waals surface area contributed by atoms with Gasteiger partial charge in [-0.2, -0.15) is 0 Å². The van der Waals surface area contributed by atoms with Gasteiger partial charge in [-0.25, -0.2) is 0 Å². The summed E-state index contributed by atoms with van der Waals surface area (Å²) in [5, 5.41) is 13.5. The van der Waals surface area contributed by atoms with Crippen LogP contribution in [0.4, 0.5) is 11.4 Å². The number of rotatable bonds is 6. The summed E-state index contributed by atoms with van der Waals surface area (Å²) in [6.45, 7) is 3.05. The Labute approximate surface area is 181 Å². The van der Waals surface area contributed by atoms with Gasteiger partial charge in [0.1, 0.15) is 0 Å². The molecule has 3 rings (SSSR count). The van der Waals surface area contributed by atoms with E-state index in [1.165, 1.54) is 6.92 Å². The summed E-state index contributed by atoms with van der Waals surface area (Å²) in [7, 11) is 0. The third kappa shape index (κ3) is 5.25. The van der Waals surface area contributed by atoms with E-state index in [0.29, 0.717) is 22.0 Å². The third-order valence-corrected chi connectivity index (χ3v) is 5.26. The number of thioether (sulfide) groups is 1. The van der Waals surface area contributed by atoms with E-state index >= 15 is 0 Å². The van der Waals surface area contributed by atoms with E-state index in [0.717, 1.165) is 11.8 Å². The number of nitrogens with zero attached hydrogens (tertiary/aromatic N) is 2. The average molecular weight is 444 g/mol. The number of aromatic nitrogens is 3. The minimum Gasteiger partial charge on any atom is -0.326 e. The van der Waals surface area contributed by atoms with Gasteiger partial charge < -0.3 is 10.6 Å². The Morgan fingerprint density at radius 3 is 2.37 bits per heavy atom. The molecule has 30 heavy (non-hydrogen) atoms. The predicted molar refractivity (Wildman–Crippen MR) is 118 cm³/mol. The van der Waals surface area contributed by atoms with Crippen molar-refractivity contribution < 1.29 is 9.59 Å². The molecule has 0 spiro atoms. The molecule has 0 aliphatic heterocycles. The Morgan fingerprint density at radius 2 is 1.70 bits per heavy atom. The molecule has 0 aliphatic carbocycles. The lowest BCUT2D eigenvalue weighted by molar-refractivity contribution is -0.115. The first-order chi connectivity index (χ1) is 14.3. The highest BCUT2D eigenvalue weighted by Gasteiger charge is 2.19. The van der Waals surface area contributed by atoms with Crippen LogP contribution in [0.3, 0.4) is 0 Å². The van der Waals surface area contributed by atoms with Gasteiger partial charge >= 0.3 is 0 Å². The molecule has 0 radical (unpaired) electrons. The second kappa shape index (κ2) is 9.55. The van der Waals surface area contributed by atoms with Gasteiger partial charge in [-0.05, 0) is 25.1 Å². The van der Waals surface area contributed by atoms with E-state index in [9.17, 15) is 14.4 Å². The number of hydrogen-bond donors (Lipinski definition) is 3. The van der Waals surface area contributed by atoms with Crippen molar-refractivity contribution in [3.8, 4) is 11.3 Å². The Kier molecular flexibility index (Phi) is 6.86. The van der Waals surface area contributed by atoms with Crippen LogP contribution >= 0.6 is 23.4 Å². The van der Waals surface area contributed by atoms with Crippen LogP contribution in [-0.4, -0.2) is 32.2 Å². The van der Waals surface area contributed by atoms with Crippen molar-refractivity contribution in [1.29, 1.82) is 0 Å². The minimum absolute atomic E-state index is 0.0665. The van der Waals surface area contributed by atoms with Crippen molar-refractivity contribution in [2.24, 2.45) is 0 Å². The van der Waals surface area contributed by atoms with Gasteiger partial charge in [0.2, 0.25) is 11.8 Å². The lowest BCUT2D eigenvalue weighted by Crippen LogP contribution is -2.24. The summed E-state index contributed by atoms with van der Waals surface area (Å²) in [5.74, 6) is -0.562. The van der Waals surface area contributed by atoms with Crippen LogP contribution in [0, 0.1) is 0 Å². The average Bonchev–Trinajstić information content (AvgIpc) is 2.70. The van der Waals surface area contributed by atoms with E-state index in [-0.39, 0.29) is 22.7 Å². The number of carbonyl (C=O) groups excluding carboxylic acids is 2. The topological polar surface area (TPSA) is 117 Å². The second-order valence-corrected chi connectivity index (χ2v) is 8.00. The number of benzene rings is 2. The summed E-state index contributed by atoms with van der Waals surface area (Å²) in [5.41, 5.74) is 0.988. The lowest BCUT2D eigenvalue weighted by atomic mass is 10.1. The molecule has 1 heterocycles. The van der Waals surface area contributed by atoms with E-state index in [1.807, 2.05) is 0 Å². The van der Waals surface area contributed by atoms with Crippen molar-refractivity contribution in [2.45, 2.75) is 24.3 Å². The molecule has 1 atom stereocenters. The quantitative estimate of drug-likeness (QED) is 0.501. The summed E-state index contributed by atoms with van der Waals surface area (Å²) in [4.78, 5) is 39.0. The second-order valence-electron chi connectivity index (χ2n) is 6.26. The maximum Gasteiger partial charge on any atom is 0.278 e. The van der Waals surface area contributed by atoms with Gasteiger partial charge in [0.05, 0.1) is 21.6 Å². The van der Waals surface area contributed by atoms with Gasteiger partial charge in [0.25, 0.3) is 5.56 Å². The predicted octanol–water partition coefficient (Wildman–Crippen LogP) is 3.56. The fraction of sp³-hybridized carbons (Fsp3) is 0.150. The maximum atomic E-state index is 12.6. The molecule has 154 valence electrons. The zero-order valence-corrected chi connectivity index (χ0v) is 17.7. The lowest BCUT2D eigenvalue weighted by Gasteiger charge is -2.12. The SMILES string of the molecule is CC(=O)Nc1ccccc1-c1nnc(S[C@H](C)C(=O)Nc2ccccc2Cl)[nH]c1=O. The third-order valence-electron chi connectivity index (χ3n) is 3.96. The number of aromatic amines is 1. The molecule has 3 N–H and O–H groups in total. The molecular formula is C20H18ClN5O3S. The van der Waals surface area contributed by atoms with Crippen molar-refractivity contribution in [1.82, 2.24) is 15.2 Å². The minimum atomic E-state index is -0.566. The fourth-order valence-electron chi connectivity index (χ4n) is 2.56. The fourth-order valence-corrected chi connectivity index (χ4v) is 3.48. The summed E-state index contributed by atoms with van der Waals surface area (Å²) >= 11 is 7.11. The van der Waals surface area contributed by atoms with Crippen LogP contribution in [0.15, 0.2) is 58.5 Å². The number of anilines is 2. The van der Waals surface area contributed by atoms with E-state index in [2.05, 4.69) is 25.8 Å². The van der Waals surface area contributed by atoms with Gasteiger partial charge in [-0.1, -0.05) is 53.7 Å². The van der Waals surface area contributed by atoms with Crippen molar-refractivity contribution in [3.05, 3.63) is 63.9 Å². The van der Waals surface area contributed by atoms with Gasteiger partial charge in [-0.3, -0.25) is 19.4 Å². The highest BCUT2D eigenvalue weighted by Crippen LogP contribution is 2.26. The van der Waals surface area contributed by atoms with Gasteiger partial charge in [-0.15, -0.1) is 10.2 Å². The number of para-hydroxylation sites is 2. The largest absolute Gasteiger partial charge is 0.326 e. The van der Waals surface area contributed by atoms with Crippen LogP contribution in [-0.2, 0) is 9.59 Å². The Morgan fingerprint density at radius 1 is 1.03 bits per heavy atom. The molecule has 0 saturated carbocycles. The molecule has 10 heteroatoms. The number of hydrogen-bond acceptors (Lipinski definition) is 6. The number of H-pyrrole nitrogens is 1. The molecule has 3 aromatic rings. The first-order valence-corrected chi connectivity index (χ1v) is 10.2. The molecule has 2 aromatic carbocycles. The van der Waals surface area contributed by atoms with Crippen molar-refractivity contribution in [2.75, 3.05) is 10.6 Å². The molecule has 0 bridgehead atoms. The Hall–Kier alpha value is -3.17. The monoisotopic (exact) mass is 443 g/mol. The number of halogens is 1. The number of nitrogens with one attached hydrogen (secondary N) is 3. The van der Waals surface area contributed by atoms with Crippen LogP contribution in [0.1, 0.15) is 13.8 Å². The van der Waals surface area contributed by atoms with Gasteiger partial charge in [0, 0.05) is 12.5 Å². The van der Waals surface area contributed by atoms with Crippen LogP contribution in [0.2, 0.25) is 5.02 Å². The summed E-state index contributed by atoms with van der Waals surface area (Å²) in [6.07, 6.45) is 0. The first-order valence-electron chi connectivity index (χ1n) is 8.91. The van der Waals surface area contributed by atoms with Crippen LogP contribution in [0.25, 0.3) is 11.3 Å². The van der Waals surface area contributed by atoms with Crippen LogP contribution in [0.5, 0.6) is 0 Å². The summed E-state index contributed by atoms with van der Waals surface area (Å²) < 4.78 is 0. The maximum absolute atomic E-state index is 12.6. The molecular weight excluding hydrogens is 426 g/mol. The van der Waals surface area contributed by atoms with E-state index in [1.54, 1.807) is 55.5 Å². The molecule has 0 unspecified atom stereocenters. The molecule has 8 nitrogen and oxygen atoms in total. The summed E-state index contributed by atoms with van der Waals surface area (Å²) in [6, 6.07) is 13.7. The molecule has 1 aromatic heterocycles. The van der Waals surface area contributed by atoms with Crippen LogP contribution < -0.4 is 16.2 Å². The zero-order valence-electron chi connectivity index (χ0n) is 16.1. The molecule has 0 saturated heterocycles. The Bertz CT molecular complexity index is 1150. The van der Waals surface area contributed by atoms with E-state index < -0.39 is 10.8 Å². The number of amides is 2. The van der Waals surface area contributed by atoms with Crippen molar-refractivity contribution in [3.63, 3.8) is 0 Å². The smallest absolute Gasteiger partial charge is 0.278 e.